The summed E-state index contributed by atoms with van der Waals surface area (Å²) in [6.07, 6.45) is -1.29. The van der Waals surface area contributed by atoms with Crippen LogP contribution in [0.15, 0.2) is 66.7 Å². The van der Waals surface area contributed by atoms with E-state index in [1.807, 2.05) is 30.3 Å². The average molecular weight is 510 g/mol. The normalized spacial score (nSPS) is 17.3. The van der Waals surface area contributed by atoms with Gasteiger partial charge in [-0.25, -0.2) is 0 Å². The molecule has 3 aromatic rings. The Balaban J connectivity index is 1.64. The molecule has 1 aliphatic rings. The topological polar surface area (TPSA) is 43.8 Å². The first-order valence-corrected chi connectivity index (χ1v) is 11.5. The lowest BCUT2D eigenvalue weighted by atomic mass is 10.00. The lowest BCUT2D eigenvalue weighted by Crippen LogP contribution is -2.51. The number of aliphatic hydroxyl groups is 1. The molecule has 1 aliphatic heterocycles. The van der Waals surface area contributed by atoms with Crippen LogP contribution in [0.3, 0.4) is 0 Å². The molecule has 1 N–H and O–H groups in total. The second kappa shape index (κ2) is 9.90. The summed E-state index contributed by atoms with van der Waals surface area (Å²) in [5, 5.41) is 12.9. The standard InChI is InChI=1S/C24H20Cl4N2O2/c25-17-6-4-15(5-7-17)22-14-29(24(32)23(31)16-2-1-3-18(26)12-16)10-11-30(22)21-9-8-19(27)13-20(21)28/h1-9,12-13,22-23,31H,10-11,14H2. The van der Waals surface area contributed by atoms with E-state index >= 15 is 0 Å². The van der Waals surface area contributed by atoms with Gasteiger partial charge in [0.25, 0.3) is 5.91 Å². The van der Waals surface area contributed by atoms with Crippen molar-refractivity contribution in [1.82, 2.24) is 4.90 Å². The minimum atomic E-state index is -1.29. The van der Waals surface area contributed by atoms with Crippen LogP contribution in [0, 0.1) is 0 Å². The fraction of sp³-hybridized carbons (Fsp3) is 0.208. The van der Waals surface area contributed by atoms with Gasteiger partial charge in [0.1, 0.15) is 0 Å². The smallest absolute Gasteiger partial charge is 0.256 e. The van der Waals surface area contributed by atoms with Crippen LogP contribution in [-0.2, 0) is 4.79 Å². The molecule has 32 heavy (non-hydrogen) atoms. The van der Waals surface area contributed by atoms with Crippen LogP contribution in [0.5, 0.6) is 0 Å². The van der Waals surface area contributed by atoms with Crippen molar-refractivity contribution < 1.29 is 9.90 Å². The third-order valence-corrected chi connectivity index (χ3v) is 6.59. The highest BCUT2D eigenvalue weighted by atomic mass is 35.5. The molecular weight excluding hydrogens is 490 g/mol. The van der Waals surface area contributed by atoms with Crippen LogP contribution in [0.4, 0.5) is 5.69 Å². The molecule has 3 aromatic carbocycles. The third kappa shape index (κ3) is 5.00. The fourth-order valence-electron chi connectivity index (χ4n) is 3.95. The van der Waals surface area contributed by atoms with E-state index in [0.29, 0.717) is 45.3 Å². The Morgan fingerprint density at radius 2 is 1.56 bits per heavy atom. The molecule has 4 rings (SSSR count). The molecule has 0 saturated carbocycles. The van der Waals surface area contributed by atoms with Gasteiger partial charge in [-0.15, -0.1) is 0 Å². The van der Waals surface area contributed by atoms with E-state index in [1.165, 1.54) is 0 Å². The van der Waals surface area contributed by atoms with Crippen molar-refractivity contribution in [2.24, 2.45) is 0 Å². The minimum absolute atomic E-state index is 0.185. The number of benzene rings is 3. The van der Waals surface area contributed by atoms with Crippen LogP contribution in [0.2, 0.25) is 20.1 Å². The van der Waals surface area contributed by atoms with Crippen molar-refractivity contribution in [3.05, 3.63) is 97.9 Å². The van der Waals surface area contributed by atoms with Gasteiger partial charge in [-0.3, -0.25) is 4.79 Å². The van der Waals surface area contributed by atoms with E-state index in [4.69, 9.17) is 46.4 Å². The van der Waals surface area contributed by atoms with Crippen molar-refractivity contribution in [2.45, 2.75) is 12.1 Å². The molecular formula is C24H20Cl4N2O2. The van der Waals surface area contributed by atoms with Crippen LogP contribution in [-0.4, -0.2) is 35.5 Å². The maximum absolute atomic E-state index is 13.1. The Kier molecular flexibility index (Phi) is 7.18. The van der Waals surface area contributed by atoms with Crippen molar-refractivity contribution in [3.8, 4) is 0 Å². The SMILES string of the molecule is O=C(C(O)c1cccc(Cl)c1)N1CCN(c2ccc(Cl)cc2Cl)C(c2ccc(Cl)cc2)C1. The first-order chi connectivity index (χ1) is 15.3. The third-order valence-electron chi connectivity index (χ3n) is 5.56. The minimum Gasteiger partial charge on any atom is -0.378 e. The van der Waals surface area contributed by atoms with Gasteiger partial charge in [0.15, 0.2) is 6.10 Å². The molecule has 0 aliphatic carbocycles. The van der Waals surface area contributed by atoms with Crippen LogP contribution < -0.4 is 4.90 Å². The van der Waals surface area contributed by atoms with Gasteiger partial charge >= 0.3 is 0 Å². The predicted molar refractivity (Wildman–Crippen MR) is 131 cm³/mol. The van der Waals surface area contributed by atoms with Crippen molar-refractivity contribution in [2.75, 3.05) is 24.5 Å². The molecule has 1 saturated heterocycles. The van der Waals surface area contributed by atoms with Gasteiger partial charge in [0, 0.05) is 34.7 Å². The Hall–Kier alpha value is -1.95. The second-order valence-electron chi connectivity index (χ2n) is 7.60. The molecule has 1 fully saturated rings. The highest BCUT2D eigenvalue weighted by Crippen LogP contribution is 2.37. The molecule has 0 aromatic heterocycles. The lowest BCUT2D eigenvalue weighted by Gasteiger charge is -2.44. The van der Waals surface area contributed by atoms with E-state index in [1.54, 1.807) is 41.3 Å². The van der Waals surface area contributed by atoms with Gasteiger partial charge in [-0.1, -0.05) is 70.7 Å². The Bertz CT molecular complexity index is 1120. The number of rotatable bonds is 4. The van der Waals surface area contributed by atoms with Crippen molar-refractivity contribution >= 4 is 58.0 Å². The van der Waals surface area contributed by atoms with Gasteiger partial charge in [0.2, 0.25) is 0 Å². The largest absolute Gasteiger partial charge is 0.378 e. The van der Waals surface area contributed by atoms with Crippen LogP contribution >= 0.6 is 46.4 Å². The van der Waals surface area contributed by atoms with E-state index in [2.05, 4.69) is 4.90 Å². The Labute approximate surface area is 206 Å². The van der Waals surface area contributed by atoms with Gasteiger partial charge in [-0.2, -0.15) is 0 Å². The summed E-state index contributed by atoms with van der Waals surface area (Å²) in [6.45, 7) is 1.33. The van der Waals surface area contributed by atoms with E-state index in [9.17, 15) is 9.90 Å². The monoisotopic (exact) mass is 508 g/mol. The first kappa shape index (κ1) is 23.2. The molecule has 166 valence electrons. The molecule has 4 nitrogen and oxygen atoms in total. The number of anilines is 1. The summed E-state index contributed by atoms with van der Waals surface area (Å²) >= 11 is 24.7. The number of carbonyl (C=O) groups excluding carboxylic acids is 1. The highest BCUT2D eigenvalue weighted by molar-refractivity contribution is 6.36. The Morgan fingerprint density at radius 3 is 2.25 bits per heavy atom. The summed E-state index contributed by atoms with van der Waals surface area (Å²) in [6, 6.07) is 19.4. The number of hydrogen-bond donors (Lipinski definition) is 1. The number of hydrogen-bond acceptors (Lipinski definition) is 3. The summed E-state index contributed by atoms with van der Waals surface area (Å²) < 4.78 is 0. The van der Waals surface area contributed by atoms with Crippen LogP contribution in [0.25, 0.3) is 0 Å². The lowest BCUT2D eigenvalue weighted by molar-refractivity contribution is -0.141. The second-order valence-corrected chi connectivity index (χ2v) is 9.31. The molecule has 8 heteroatoms. The van der Waals surface area contributed by atoms with Crippen molar-refractivity contribution in [1.29, 1.82) is 0 Å². The van der Waals surface area contributed by atoms with E-state index in [-0.39, 0.29) is 11.9 Å². The number of carbonyl (C=O) groups is 1. The molecule has 0 bridgehead atoms. The maximum Gasteiger partial charge on any atom is 0.256 e. The van der Waals surface area contributed by atoms with Gasteiger partial charge in [-0.05, 0) is 53.6 Å². The number of nitrogens with zero attached hydrogens (tertiary/aromatic N) is 2. The number of aliphatic hydroxyl groups excluding tert-OH is 1. The zero-order chi connectivity index (χ0) is 22.8. The molecule has 1 amide bonds. The first-order valence-electron chi connectivity index (χ1n) is 10.0. The zero-order valence-corrected chi connectivity index (χ0v) is 19.9. The highest BCUT2D eigenvalue weighted by Gasteiger charge is 2.34. The maximum atomic E-state index is 13.1. The van der Waals surface area contributed by atoms with Gasteiger partial charge in [0.05, 0.1) is 16.8 Å². The predicted octanol–water partition coefficient (Wildman–Crippen LogP) is 6.42. The van der Waals surface area contributed by atoms with Crippen molar-refractivity contribution in [3.63, 3.8) is 0 Å². The van der Waals surface area contributed by atoms with E-state index < -0.39 is 6.10 Å². The summed E-state index contributed by atoms with van der Waals surface area (Å²) in [5.74, 6) is -0.368. The number of amides is 1. The number of halogens is 4. The quantitative estimate of drug-likeness (QED) is 0.441. The van der Waals surface area contributed by atoms with E-state index in [0.717, 1.165) is 11.3 Å². The van der Waals surface area contributed by atoms with Gasteiger partial charge < -0.3 is 14.9 Å². The summed E-state index contributed by atoms with van der Waals surface area (Å²) in [7, 11) is 0. The van der Waals surface area contributed by atoms with Crippen LogP contribution in [0.1, 0.15) is 23.3 Å². The molecule has 0 radical (unpaired) electrons. The molecule has 2 atom stereocenters. The fourth-order valence-corrected chi connectivity index (χ4v) is 4.79. The Morgan fingerprint density at radius 1 is 0.875 bits per heavy atom. The summed E-state index contributed by atoms with van der Waals surface area (Å²) in [5.41, 5.74) is 2.28. The summed E-state index contributed by atoms with van der Waals surface area (Å²) in [4.78, 5) is 17.0. The number of piperazine rings is 1. The zero-order valence-electron chi connectivity index (χ0n) is 16.9. The molecule has 2 unspecified atom stereocenters. The molecule has 1 heterocycles. The molecule has 0 spiro atoms. The average Bonchev–Trinajstić information content (AvgIpc) is 2.78.